The molecule has 0 spiro atoms. The highest BCUT2D eigenvalue weighted by Crippen LogP contribution is 2.30. The fourth-order valence-electron chi connectivity index (χ4n) is 2.83. The van der Waals surface area contributed by atoms with Crippen LogP contribution in [0.5, 0.6) is 5.75 Å². The Morgan fingerprint density at radius 2 is 2.15 bits per heavy atom. The molecule has 0 radical (unpaired) electrons. The number of hydrogen-bond acceptors (Lipinski definition) is 3. The first kappa shape index (κ1) is 15.3. The summed E-state index contributed by atoms with van der Waals surface area (Å²) in [5.41, 5.74) is 2.65. The van der Waals surface area contributed by atoms with Crippen molar-refractivity contribution >= 4 is 0 Å². The Kier molecular flexibility index (Phi) is 5.86. The summed E-state index contributed by atoms with van der Waals surface area (Å²) >= 11 is 0. The van der Waals surface area contributed by atoms with Crippen molar-refractivity contribution in [2.45, 2.75) is 52.2 Å². The van der Waals surface area contributed by atoms with Crippen molar-refractivity contribution in [2.24, 2.45) is 0 Å². The van der Waals surface area contributed by atoms with Crippen LogP contribution in [-0.4, -0.2) is 25.9 Å². The zero-order valence-corrected chi connectivity index (χ0v) is 12.9. The highest BCUT2D eigenvalue weighted by Gasteiger charge is 2.23. The summed E-state index contributed by atoms with van der Waals surface area (Å²) in [6.07, 6.45) is 3.40. The van der Waals surface area contributed by atoms with Crippen molar-refractivity contribution in [1.29, 1.82) is 0 Å². The van der Waals surface area contributed by atoms with Gasteiger partial charge in [0.2, 0.25) is 0 Å². The second kappa shape index (κ2) is 7.65. The predicted octanol–water partition coefficient (Wildman–Crippen LogP) is 3.48. The van der Waals surface area contributed by atoms with Gasteiger partial charge in [0.15, 0.2) is 0 Å². The van der Waals surface area contributed by atoms with E-state index in [0.29, 0.717) is 0 Å². The van der Waals surface area contributed by atoms with Crippen LogP contribution in [0.25, 0.3) is 0 Å². The molecule has 0 fully saturated rings. The van der Waals surface area contributed by atoms with E-state index in [4.69, 9.17) is 9.47 Å². The molecule has 3 nitrogen and oxygen atoms in total. The Balaban J connectivity index is 2.20. The molecule has 0 saturated heterocycles. The molecule has 3 heteroatoms. The van der Waals surface area contributed by atoms with Gasteiger partial charge in [-0.15, -0.1) is 0 Å². The van der Waals surface area contributed by atoms with Gasteiger partial charge in [0.1, 0.15) is 5.75 Å². The predicted molar refractivity (Wildman–Crippen MR) is 82.4 cm³/mol. The highest BCUT2D eigenvalue weighted by molar-refractivity contribution is 5.41. The van der Waals surface area contributed by atoms with Gasteiger partial charge in [0.25, 0.3) is 0 Å². The van der Waals surface area contributed by atoms with Crippen LogP contribution in [0.3, 0.4) is 0 Å². The average molecular weight is 277 g/mol. The van der Waals surface area contributed by atoms with Gasteiger partial charge in [-0.25, -0.2) is 0 Å². The van der Waals surface area contributed by atoms with E-state index in [1.807, 2.05) is 0 Å². The lowest BCUT2D eigenvalue weighted by Gasteiger charge is -2.28. The van der Waals surface area contributed by atoms with Crippen LogP contribution < -0.4 is 10.1 Å². The molecule has 0 aliphatic carbocycles. The summed E-state index contributed by atoms with van der Waals surface area (Å²) in [6.45, 7) is 9.04. The van der Waals surface area contributed by atoms with Gasteiger partial charge < -0.3 is 14.8 Å². The van der Waals surface area contributed by atoms with Gasteiger partial charge in [0.05, 0.1) is 18.8 Å². The molecule has 2 rings (SSSR count). The second-order valence-electron chi connectivity index (χ2n) is 5.30. The molecule has 1 aliphatic rings. The van der Waals surface area contributed by atoms with Crippen molar-refractivity contribution in [3.63, 3.8) is 0 Å². The summed E-state index contributed by atoms with van der Waals surface area (Å²) in [6, 6.07) is 6.85. The number of hydrogen-bond donors (Lipinski definition) is 1. The number of fused-ring (bicyclic) bond motifs is 1. The third-order valence-electron chi connectivity index (χ3n) is 3.84. The van der Waals surface area contributed by atoms with E-state index in [2.05, 4.69) is 44.3 Å². The molecular formula is C17H27NO2. The van der Waals surface area contributed by atoms with E-state index in [0.717, 1.165) is 44.8 Å². The van der Waals surface area contributed by atoms with Crippen LogP contribution in [0, 0.1) is 0 Å². The van der Waals surface area contributed by atoms with Crippen LogP contribution in [0.15, 0.2) is 18.2 Å². The van der Waals surface area contributed by atoms with Crippen molar-refractivity contribution in [1.82, 2.24) is 5.32 Å². The van der Waals surface area contributed by atoms with Crippen molar-refractivity contribution in [3.05, 3.63) is 29.3 Å². The minimum absolute atomic E-state index is 0.229. The van der Waals surface area contributed by atoms with Crippen molar-refractivity contribution in [2.75, 3.05) is 19.8 Å². The smallest absolute Gasteiger partial charge is 0.122 e. The van der Waals surface area contributed by atoms with Crippen LogP contribution >= 0.6 is 0 Å². The Morgan fingerprint density at radius 3 is 2.85 bits per heavy atom. The lowest BCUT2D eigenvalue weighted by molar-refractivity contribution is 0.0314. The summed E-state index contributed by atoms with van der Waals surface area (Å²) in [7, 11) is 0. The third-order valence-corrected chi connectivity index (χ3v) is 3.84. The summed E-state index contributed by atoms with van der Waals surface area (Å²) in [5.74, 6) is 1.05. The van der Waals surface area contributed by atoms with Crippen LogP contribution in [0.4, 0.5) is 0 Å². The van der Waals surface area contributed by atoms with Crippen LogP contribution in [0.2, 0.25) is 0 Å². The molecule has 2 unspecified atom stereocenters. The first-order valence-electron chi connectivity index (χ1n) is 7.90. The normalized spacial score (nSPS) is 16.6. The fourth-order valence-corrected chi connectivity index (χ4v) is 2.83. The Hall–Kier alpha value is -1.06. The largest absolute Gasteiger partial charge is 0.493 e. The Morgan fingerprint density at radius 1 is 1.30 bits per heavy atom. The summed E-state index contributed by atoms with van der Waals surface area (Å²) < 4.78 is 11.5. The lowest BCUT2D eigenvalue weighted by Crippen LogP contribution is -2.34. The quantitative estimate of drug-likeness (QED) is 0.789. The van der Waals surface area contributed by atoms with Gasteiger partial charge in [-0.2, -0.15) is 0 Å². The lowest BCUT2D eigenvalue weighted by atomic mass is 9.96. The fraction of sp³-hybridized carbons (Fsp3) is 0.647. The number of benzene rings is 1. The third kappa shape index (κ3) is 3.53. The first-order chi connectivity index (χ1) is 9.80. The van der Waals surface area contributed by atoms with Gasteiger partial charge >= 0.3 is 0 Å². The van der Waals surface area contributed by atoms with E-state index < -0.39 is 0 Å². The summed E-state index contributed by atoms with van der Waals surface area (Å²) in [5, 5.41) is 3.65. The Bertz CT molecular complexity index is 419. The average Bonchev–Trinajstić information content (AvgIpc) is 2.94. The van der Waals surface area contributed by atoms with E-state index in [-0.39, 0.29) is 12.1 Å². The maximum atomic E-state index is 5.93. The monoisotopic (exact) mass is 277 g/mol. The molecule has 1 aromatic rings. The molecule has 1 N–H and O–H groups in total. The van der Waals surface area contributed by atoms with Gasteiger partial charge in [-0.05, 0) is 43.5 Å². The van der Waals surface area contributed by atoms with Crippen LogP contribution in [0.1, 0.15) is 50.8 Å². The number of nitrogens with one attached hydrogen (secondary N) is 1. The molecule has 20 heavy (non-hydrogen) atoms. The second-order valence-corrected chi connectivity index (χ2v) is 5.30. The molecule has 0 aromatic heterocycles. The van der Waals surface area contributed by atoms with E-state index >= 15 is 0 Å². The molecule has 2 atom stereocenters. The molecule has 0 amide bonds. The molecular weight excluding hydrogens is 250 g/mol. The van der Waals surface area contributed by atoms with E-state index in [1.54, 1.807) is 0 Å². The van der Waals surface area contributed by atoms with E-state index in [1.165, 1.54) is 11.1 Å². The maximum Gasteiger partial charge on any atom is 0.122 e. The van der Waals surface area contributed by atoms with Gasteiger partial charge in [-0.1, -0.05) is 26.0 Å². The maximum absolute atomic E-state index is 5.93. The first-order valence-corrected chi connectivity index (χ1v) is 7.90. The topological polar surface area (TPSA) is 30.5 Å². The van der Waals surface area contributed by atoms with Gasteiger partial charge in [0, 0.05) is 13.0 Å². The highest BCUT2D eigenvalue weighted by atomic mass is 16.5. The summed E-state index contributed by atoms with van der Waals surface area (Å²) in [4.78, 5) is 0. The Labute approximate surface area is 122 Å². The number of rotatable bonds is 8. The molecule has 0 saturated carbocycles. The molecule has 1 aliphatic heterocycles. The minimum Gasteiger partial charge on any atom is -0.493 e. The zero-order valence-electron chi connectivity index (χ0n) is 12.9. The molecule has 1 aromatic carbocycles. The standard InChI is InChI=1S/C17H27NO2/c1-4-10-18-17(15(5-2)19-6-3)14-7-8-16-13(12-14)9-11-20-16/h7-8,12,15,17-18H,4-6,9-11H2,1-3H3. The SMILES string of the molecule is CCCNC(c1ccc2c(c1)CCO2)C(CC)OCC. The van der Waals surface area contributed by atoms with Crippen molar-refractivity contribution < 1.29 is 9.47 Å². The molecule has 1 heterocycles. The molecule has 112 valence electrons. The van der Waals surface area contributed by atoms with Crippen molar-refractivity contribution in [3.8, 4) is 5.75 Å². The minimum atomic E-state index is 0.229. The van der Waals surface area contributed by atoms with Crippen LogP contribution in [-0.2, 0) is 11.2 Å². The zero-order chi connectivity index (χ0) is 14.4. The molecule has 0 bridgehead atoms. The number of ether oxygens (including phenoxy) is 2. The van der Waals surface area contributed by atoms with E-state index in [9.17, 15) is 0 Å². The van der Waals surface area contributed by atoms with Gasteiger partial charge in [-0.3, -0.25) is 0 Å².